The lowest BCUT2D eigenvalue weighted by atomic mass is 10.1. The fourth-order valence-corrected chi connectivity index (χ4v) is 2.50. The zero-order valence-corrected chi connectivity index (χ0v) is 15.7. The number of benzene rings is 2. The van der Waals surface area contributed by atoms with Crippen LogP contribution in [0.1, 0.15) is 6.42 Å². The third-order valence-electron chi connectivity index (χ3n) is 3.82. The van der Waals surface area contributed by atoms with E-state index in [0.717, 1.165) is 30.1 Å². The minimum atomic E-state index is 0.564. The van der Waals surface area contributed by atoms with E-state index >= 15 is 0 Å². The number of aliphatic imine (C=N–C) groups is 1. The molecule has 0 amide bonds. The van der Waals surface area contributed by atoms with E-state index in [1.165, 1.54) is 5.39 Å². The maximum atomic E-state index is 5.92. The Labute approximate surface area is 155 Å². The Morgan fingerprint density at radius 1 is 0.923 bits per heavy atom. The summed E-state index contributed by atoms with van der Waals surface area (Å²) in [5.74, 6) is 1.67. The maximum Gasteiger partial charge on any atom is 0.191 e. The second-order valence-electron chi connectivity index (χ2n) is 5.71. The van der Waals surface area contributed by atoms with E-state index in [0.29, 0.717) is 33.0 Å². The van der Waals surface area contributed by atoms with Crippen LogP contribution in [0, 0.1) is 0 Å². The van der Waals surface area contributed by atoms with Gasteiger partial charge in [0.2, 0.25) is 0 Å². The summed E-state index contributed by atoms with van der Waals surface area (Å²) in [7, 11) is 3.43. The Morgan fingerprint density at radius 2 is 1.73 bits per heavy atom. The molecule has 26 heavy (non-hydrogen) atoms. The second-order valence-corrected chi connectivity index (χ2v) is 5.71. The van der Waals surface area contributed by atoms with Crippen LogP contribution in [0.5, 0.6) is 5.75 Å². The van der Waals surface area contributed by atoms with E-state index < -0.39 is 0 Å². The summed E-state index contributed by atoms with van der Waals surface area (Å²) in [4.78, 5) is 4.21. The molecule has 0 aliphatic heterocycles. The molecule has 0 bridgehead atoms. The highest BCUT2D eigenvalue weighted by Gasteiger charge is 2.01. The lowest BCUT2D eigenvalue weighted by molar-refractivity contribution is 0.0698. The molecule has 0 spiro atoms. The van der Waals surface area contributed by atoms with Crippen molar-refractivity contribution in [2.45, 2.75) is 6.42 Å². The van der Waals surface area contributed by atoms with Crippen molar-refractivity contribution in [2.75, 3.05) is 53.7 Å². The van der Waals surface area contributed by atoms with Crippen LogP contribution in [0.15, 0.2) is 47.5 Å². The number of fused-ring (bicyclic) bond motifs is 1. The van der Waals surface area contributed by atoms with Crippen molar-refractivity contribution in [1.82, 2.24) is 10.6 Å². The lowest BCUT2D eigenvalue weighted by Crippen LogP contribution is -2.39. The second kappa shape index (κ2) is 12.1. The fourth-order valence-electron chi connectivity index (χ4n) is 2.50. The molecule has 6 heteroatoms. The molecule has 0 saturated heterocycles. The first-order chi connectivity index (χ1) is 12.8. The van der Waals surface area contributed by atoms with Crippen LogP contribution in [0.3, 0.4) is 0 Å². The number of nitrogens with zero attached hydrogens (tertiary/aromatic N) is 1. The highest BCUT2D eigenvalue weighted by Crippen LogP contribution is 2.24. The Hall–Kier alpha value is -2.31. The average molecular weight is 359 g/mol. The van der Waals surface area contributed by atoms with Crippen molar-refractivity contribution in [3.05, 3.63) is 42.5 Å². The maximum absolute atomic E-state index is 5.92. The topological polar surface area (TPSA) is 64.1 Å². The van der Waals surface area contributed by atoms with E-state index in [4.69, 9.17) is 14.2 Å². The Bertz CT molecular complexity index is 671. The molecule has 2 N–H and O–H groups in total. The summed E-state index contributed by atoms with van der Waals surface area (Å²) in [6.07, 6.45) is 0.914. The van der Waals surface area contributed by atoms with Gasteiger partial charge in [0.05, 0.1) is 19.8 Å². The highest BCUT2D eigenvalue weighted by molar-refractivity contribution is 5.88. The van der Waals surface area contributed by atoms with E-state index in [1.807, 2.05) is 24.3 Å². The molecule has 0 aliphatic carbocycles. The molecule has 0 unspecified atom stereocenters. The predicted octanol–water partition coefficient (Wildman–Crippen LogP) is 2.44. The van der Waals surface area contributed by atoms with Crippen LogP contribution in [-0.2, 0) is 9.47 Å². The van der Waals surface area contributed by atoms with Gasteiger partial charge in [0, 0.05) is 32.7 Å². The molecule has 6 nitrogen and oxygen atoms in total. The van der Waals surface area contributed by atoms with Gasteiger partial charge >= 0.3 is 0 Å². The Balaban J connectivity index is 1.63. The molecular formula is C20H29N3O3. The SMILES string of the molecule is CN=C(NCCCOCCOC)NCCOc1cccc2ccccc12. The number of nitrogens with one attached hydrogen (secondary N) is 2. The number of hydrogen-bond acceptors (Lipinski definition) is 4. The Kier molecular flexibility index (Phi) is 9.32. The van der Waals surface area contributed by atoms with Crippen molar-refractivity contribution in [2.24, 2.45) is 4.99 Å². The van der Waals surface area contributed by atoms with Crippen molar-refractivity contribution >= 4 is 16.7 Å². The van der Waals surface area contributed by atoms with Crippen LogP contribution < -0.4 is 15.4 Å². The van der Waals surface area contributed by atoms with Gasteiger partial charge in [-0.25, -0.2) is 0 Å². The molecule has 2 aromatic carbocycles. The van der Waals surface area contributed by atoms with E-state index in [1.54, 1.807) is 14.2 Å². The minimum Gasteiger partial charge on any atom is -0.491 e. The smallest absolute Gasteiger partial charge is 0.191 e. The summed E-state index contributed by atoms with van der Waals surface area (Å²) in [6, 6.07) is 14.3. The summed E-state index contributed by atoms with van der Waals surface area (Å²) in [5, 5.41) is 8.83. The molecule has 0 aromatic heterocycles. The van der Waals surface area contributed by atoms with Gasteiger partial charge in [0.15, 0.2) is 5.96 Å². The summed E-state index contributed by atoms with van der Waals surface area (Å²) in [6.45, 7) is 4.01. The minimum absolute atomic E-state index is 0.564. The lowest BCUT2D eigenvalue weighted by Gasteiger charge is -2.13. The molecule has 142 valence electrons. The third kappa shape index (κ3) is 6.90. The van der Waals surface area contributed by atoms with Gasteiger partial charge in [-0.15, -0.1) is 0 Å². The van der Waals surface area contributed by atoms with Crippen LogP contribution in [-0.4, -0.2) is 59.6 Å². The molecular weight excluding hydrogens is 330 g/mol. The molecule has 0 radical (unpaired) electrons. The normalized spacial score (nSPS) is 11.5. The van der Waals surface area contributed by atoms with Crippen molar-refractivity contribution < 1.29 is 14.2 Å². The van der Waals surface area contributed by atoms with Crippen molar-refractivity contribution in [3.63, 3.8) is 0 Å². The number of guanidine groups is 1. The van der Waals surface area contributed by atoms with Crippen molar-refractivity contribution in [3.8, 4) is 5.75 Å². The first-order valence-corrected chi connectivity index (χ1v) is 8.97. The first kappa shape index (κ1) is 20.0. The van der Waals surface area contributed by atoms with Crippen LogP contribution >= 0.6 is 0 Å². The third-order valence-corrected chi connectivity index (χ3v) is 3.82. The van der Waals surface area contributed by atoms with Gasteiger partial charge in [-0.05, 0) is 17.9 Å². The molecule has 2 rings (SSSR count). The number of methoxy groups -OCH3 is 1. The summed E-state index contributed by atoms with van der Waals surface area (Å²) >= 11 is 0. The van der Waals surface area contributed by atoms with Crippen LogP contribution in [0.2, 0.25) is 0 Å². The standard InChI is InChI=1S/C20H29N3O3/c1-21-20(22-11-6-13-25-16-15-24-2)23-12-14-26-19-10-5-8-17-7-3-4-9-18(17)19/h3-5,7-10H,6,11-16H2,1-2H3,(H2,21,22,23). The summed E-state index contributed by atoms with van der Waals surface area (Å²) < 4.78 is 16.3. The number of ether oxygens (including phenoxy) is 3. The number of hydrogen-bond donors (Lipinski definition) is 2. The zero-order valence-electron chi connectivity index (χ0n) is 15.7. The highest BCUT2D eigenvalue weighted by atomic mass is 16.5. The zero-order chi connectivity index (χ0) is 18.5. The van der Waals surface area contributed by atoms with Crippen molar-refractivity contribution in [1.29, 1.82) is 0 Å². The monoisotopic (exact) mass is 359 g/mol. The number of rotatable bonds is 11. The van der Waals surface area contributed by atoms with E-state index in [9.17, 15) is 0 Å². The Morgan fingerprint density at radius 3 is 2.58 bits per heavy atom. The molecule has 2 aromatic rings. The van der Waals surface area contributed by atoms with Gasteiger partial charge in [-0.2, -0.15) is 0 Å². The van der Waals surface area contributed by atoms with Gasteiger partial charge in [-0.1, -0.05) is 36.4 Å². The van der Waals surface area contributed by atoms with Gasteiger partial charge in [0.1, 0.15) is 12.4 Å². The molecule has 0 atom stereocenters. The first-order valence-electron chi connectivity index (χ1n) is 8.97. The van der Waals surface area contributed by atoms with Crippen LogP contribution in [0.25, 0.3) is 10.8 Å². The predicted molar refractivity (Wildman–Crippen MR) is 106 cm³/mol. The molecule has 0 fully saturated rings. The largest absolute Gasteiger partial charge is 0.491 e. The summed E-state index contributed by atoms with van der Waals surface area (Å²) in [5.41, 5.74) is 0. The van der Waals surface area contributed by atoms with Gasteiger partial charge < -0.3 is 24.8 Å². The van der Waals surface area contributed by atoms with E-state index in [2.05, 4.69) is 33.8 Å². The quantitative estimate of drug-likeness (QED) is 0.367. The average Bonchev–Trinajstić information content (AvgIpc) is 2.69. The van der Waals surface area contributed by atoms with Crippen LogP contribution in [0.4, 0.5) is 0 Å². The van der Waals surface area contributed by atoms with Gasteiger partial charge in [0.25, 0.3) is 0 Å². The van der Waals surface area contributed by atoms with Gasteiger partial charge in [-0.3, -0.25) is 4.99 Å². The molecule has 0 saturated carbocycles. The van der Waals surface area contributed by atoms with E-state index in [-0.39, 0.29) is 0 Å². The molecule has 0 heterocycles. The fraction of sp³-hybridized carbons (Fsp3) is 0.450. The molecule has 0 aliphatic rings.